The summed E-state index contributed by atoms with van der Waals surface area (Å²) in [4.78, 5) is 7.27. The topological polar surface area (TPSA) is 39.9 Å². The van der Waals surface area contributed by atoms with Crippen molar-refractivity contribution in [2.24, 2.45) is 5.92 Å². The van der Waals surface area contributed by atoms with Gasteiger partial charge in [0, 0.05) is 18.3 Å². The molecule has 0 saturated heterocycles. The lowest BCUT2D eigenvalue weighted by molar-refractivity contribution is 0.502. The summed E-state index contributed by atoms with van der Waals surface area (Å²) in [6.07, 6.45) is 5.49. The quantitative estimate of drug-likeness (QED) is 0.790. The van der Waals surface area contributed by atoms with Crippen molar-refractivity contribution in [3.8, 4) is 6.07 Å². The van der Waals surface area contributed by atoms with Gasteiger partial charge >= 0.3 is 0 Å². The van der Waals surface area contributed by atoms with Gasteiger partial charge < -0.3 is 4.90 Å². The van der Waals surface area contributed by atoms with Crippen LogP contribution in [0.2, 0.25) is 0 Å². The van der Waals surface area contributed by atoms with E-state index in [0.29, 0.717) is 12.0 Å². The van der Waals surface area contributed by atoms with Crippen molar-refractivity contribution >= 4 is 5.82 Å². The zero-order valence-electron chi connectivity index (χ0n) is 13.8. The van der Waals surface area contributed by atoms with E-state index >= 15 is 0 Å². The molecule has 0 aliphatic heterocycles. The molecule has 0 N–H and O–H groups in total. The van der Waals surface area contributed by atoms with E-state index in [1.807, 2.05) is 0 Å². The first-order chi connectivity index (χ1) is 10.1. The van der Waals surface area contributed by atoms with Gasteiger partial charge in [-0.2, -0.15) is 5.26 Å². The SMILES string of the molecule is CCC(CC)N(CC(C)C)c1nc2c(cc1C#N)CCC2. The summed E-state index contributed by atoms with van der Waals surface area (Å²) in [6.45, 7) is 9.87. The van der Waals surface area contributed by atoms with Gasteiger partial charge in [-0.3, -0.25) is 0 Å². The highest BCUT2D eigenvalue weighted by Gasteiger charge is 2.24. The predicted molar refractivity (Wildman–Crippen MR) is 87.5 cm³/mol. The maximum absolute atomic E-state index is 9.54. The second-order valence-corrected chi connectivity index (χ2v) is 6.45. The van der Waals surface area contributed by atoms with Crippen LogP contribution in [-0.4, -0.2) is 17.6 Å². The largest absolute Gasteiger partial charge is 0.352 e. The molecule has 0 atom stereocenters. The summed E-state index contributed by atoms with van der Waals surface area (Å²) in [7, 11) is 0. The first kappa shape index (κ1) is 15.8. The van der Waals surface area contributed by atoms with Crippen LogP contribution in [0.15, 0.2) is 6.07 Å². The maximum Gasteiger partial charge on any atom is 0.147 e. The van der Waals surface area contributed by atoms with E-state index < -0.39 is 0 Å². The van der Waals surface area contributed by atoms with Crippen LogP contribution in [0, 0.1) is 17.2 Å². The van der Waals surface area contributed by atoms with Gasteiger partial charge in [0.25, 0.3) is 0 Å². The number of aromatic nitrogens is 1. The molecule has 0 unspecified atom stereocenters. The highest BCUT2D eigenvalue weighted by molar-refractivity contribution is 5.57. The van der Waals surface area contributed by atoms with Crippen LogP contribution in [0.25, 0.3) is 0 Å². The smallest absolute Gasteiger partial charge is 0.147 e. The average Bonchev–Trinajstić information content (AvgIpc) is 2.92. The van der Waals surface area contributed by atoms with Gasteiger partial charge in [-0.15, -0.1) is 0 Å². The summed E-state index contributed by atoms with van der Waals surface area (Å²) in [5, 5.41) is 9.54. The monoisotopic (exact) mass is 285 g/mol. The van der Waals surface area contributed by atoms with E-state index in [2.05, 4.69) is 44.7 Å². The fourth-order valence-electron chi connectivity index (χ4n) is 3.29. The maximum atomic E-state index is 9.54. The van der Waals surface area contributed by atoms with Crippen LogP contribution >= 0.6 is 0 Å². The van der Waals surface area contributed by atoms with E-state index in [9.17, 15) is 5.26 Å². The third-order valence-electron chi connectivity index (χ3n) is 4.37. The summed E-state index contributed by atoms with van der Waals surface area (Å²) < 4.78 is 0. The van der Waals surface area contributed by atoms with E-state index in [1.165, 1.54) is 17.7 Å². The summed E-state index contributed by atoms with van der Waals surface area (Å²) >= 11 is 0. The number of aryl methyl sites for hydroxylation is 2. The van der Waals surface area contributed by atoms with E-state index in [-0.39, 0.29) is 0 Å². The average molecular weight is 285 g/mol. The molecular weight excluding hydrogens is 258 g/mol. The van der Waals surface area contributed by atoms with Gasteiger partial charge in [-0.05, 0) is 49.7 Å². The van der Waals surface area contributed by atoms with Crippen molar-refractivity contribution in [1.29, 1.82) is 5.26 Å². The third-order valence-corrected chi connectivity index (χ3v) is 4.37. The van der Waals surface area contributed by atoms with Gasteiger partial charge in [-0.1, -0.05) is 27.7 Å². The summed E-state index contributed by atoms with van der Waals surface area (Å²) in [5.41, 5.74) is 3.25. The number of pyridine rings is 1. The lowest BCUT2D eigenvalue weighted by Crippen LogP contribution is -2.38. The lowest BCUT2D eigenvalue weighted by Gasteiger charge is -2.34. The van der Waals surface area contributed by atoms with Crippen LogP contribution in [-0.2, 0) is 12.8 Å². The van der Waals surface area contributed by atoms with Gasteiger partial charge in [0.1, 0.15) is 11.9 Å². The zero-order valence-corrected chi connectivity index (χ0v) is 13.8. The van der Waals surface area contributed by atoms with E-state index in [0.717, 1.165) is 43.6 Å². The summed E-state index contributed by atoms with van der Waals surface area (Å²) in [6, 6.07) is 4.93. The number of hydrogen-bond donors (Lipinski definition) is 0. The molecule has 2 rings (SSSR count). The Morgan fingerprint density at radius 2 is 2.00 bits per heavy atom. The van der Waals surface area contributed by atoms with Crippen molar-refractivity contribution < 1.29 is 0 Å². The van der Waals surface area contributed by atoms with Gasteiger partial charge in [0.05, 0.1) is 5.56 Å². The summed E-state index contributed by atoms with van der Waals surface area (Å²) in [5.74, 6) is 1.48. The molecular formula is C18H27N3. The van der Waals surface area contributed by atoms with Crippen LogP contribution in [0.5, 0.6) is 0 Å². The van der Waals surface area contributed by atoms with Crippen LogP contribution < -0.4 is 4.90 Å². The molecule has 0 amide bonds. The Balaban J connectivity index is 2.46. The number of rotatable bonds is 6. The van der Waals surface area contributed by atoms with Crippen molar-refractivity contribution in [1.82, 2.24) is 4.98 Å². The normalized spacial score (nSPS) is 13.6. The van der Waals surface area contributed by atoms with Gasteiger partial charge in [0.2, 0.25) is 0 Å². The Hall–Kier alpha value is -1.56. The molecule has 0 radical (unpaired) electrons. The Bertz CT molecular complexity index is 524. The van der Waals surface area contributed by atoms with Crippen molar-refractivity contribution in [3.05, 3.63) is 22.9 Å². The minimum atomic E-state index is 0.464. The minimum absolute atomic E-state index is 0.464. The third kappa shape index (κ3) is 3.37. The molecule has 3 nitrogen and oxygen atoms in total. The molecule has 0 fully saturated rings. The Morgan fingerprint density at radius 1 is 1.29 bits per heavy atom. The molecule has 0 spiro atoms. The molecule has 1 aliphatic carbocycles. The molecule has 1 aromatic rings. The molecule has 21 heavy (non-hydrogen) atoms. The number of fused-ring (bicyclic) bond motifs is 1. The molecule has 1 aliphatic rings. The molecule has 114 valence electrons. The minimum Gasteiger partial charge on any atom is -0.352 e. The number of nitrogens with zero attached hydrogens (tertiary/aromatic N) is 3. The van der Waals surface area contributed by atoms with Crippen LogP contribution in [0.4, 0.5) is 5.82 Å². The first-order valence-electron chi connectivity index (χ1n) is 8.30. The van der Waals surface area contributed by atoms with Gasteiger partial charge in [0.15, 0.2) is 0 Å². The highest BCUT2D eigenvalue weighted by atomic mass is 15.2. The predicted octanol–water partition coefficient (Wildman–Crippen LogP) is 4.09. The van der Waals surface area contributed by atoms with E-state index in [1.54, 1.807) is 0 Å². The van der Waals surface area contributed by atoms with E-state index in [4.69, 9.17) is 4.98 Å². The molecule has 3 heteroatoms. The Morgan fingerprint density at radius 3 is 2.57 bits per heavy atom. The second-order valence-electron chi connectivity index (χ2n) is 6.45. The number of anilines is 1. The number of nitriles is 1. The van der Waals surface area contributed by atoms with Crippen LogP contribution in [0.1, 0.15) is 63.8 Å². The number of hydrogen-bond acceptors (Lipinski definition) is 3. The van der Waals surface area contributed by atoms with Gasteiger partial charge in [-0.25, -0.2) is 4.98 Å². The lowest BCUT2D eigenvalue weighted by atomic mass is 10.1. The van der Waals surface area contributed by atoms with Crippen molar-refractivity contribution in [2.45, 2.75) is 65.8 Å². The molecule has 1 aromatic heterocycles. The fraction of sp³-hybridized carbons (Fsp3) is 0.667. The standard InChI is InChI=1S/C18H27N3/c1-5-16(6-2)21(12-13(3)4)18-15(11-19)10-14-8-7-9-17(14)20-18/h10,13,16H,5-9,12H2,1-4H3. The highest BCUT2D eigenvalue weighted by Crippen LogP contribution is 2.29. The van der Waals surface area contributed by atoms with Crippen molar-refractivity contribution in [2.75, 3.05) is 11.4 Å². The molecule has 0 bridgehead atoms. The molecule has 1 heterocycles. The first-order valence-corrected chi connectivity index (χ1v) is 8.30. The molecule has 0 saturated carbocycles. The second kappa shape index (κ2) is 6.93. The Kier molecular flexibility index (Phi) is 5.22. The Labute approximate surface area is 129 Å². The molecule has 0 aromatic carbocycles. The van der Waals surface area contributed by atoms with Crippen LogP contribution in [0.3, 0.4) is 0 Å². The zero-order chi connectivity index (χ0) is 15.4. The van der Waals surface area contributed by atoms with Crippen molar-refractivity contribution in [3.63, 3.8) is 0 Å². The fourth-order valence-corrected chi connectivity index (χ4v) is 3.29.